The Bertz CT molecular complexity index is 591. The Morgan fingerprint density at radius 2 is 1.66 bits per heavy atom. The Labute approximate surface area is 171 Å². The summed E-state index contributed by atoms with van der Waals surface area (Å²) in [6.45, 7) is 7.03. The standard InChI is InChI=1S/C19H34N4O6/c1-5-11(4)15(18(27)22-14(10(2)3)19(28)29)23-17(26)13(9-24)21-16(25)12-7-6-8-20-12/h10-15,20,24H,5-9H2,1-4H3,(H,21,25)(H,22,27)(H,23,26)(H,28,29). The van der Waals surface area contributed by atoms with E-state index in [1.54, 1.807) is 20.8 Å². The van der Waals surface area contributed by atoms with Crippen LogP contribution in [0.3, 0.4) is 0 Å². The van der Waals surface area contributed by atoms with E-state index in [2.05, 4.69) is 21.3 Å². The minimum atomic E-state index is -1.20. The van der Waals surface area contributed by atoms with E-state index in [4.69, 9.17) is 0 Å². The second kappa shape index (κ2) is 11.7. The molecule has 0 aromatic carbocycles. The molecule has 10 nitrogen and oxygen atoms in total. The Balaban J connectivity index is 2.83. The molecule has 1 aliphatic heterocycles. The van der Waals surface area contributed by atoms with E-state index in [1.165, 1.54) is 0 Å². The van der Waals surface area contributed by atoms with Gasteiger partial charge in [-0.3, -0.25) is 14.4 Å². The number of aliphatic hydroxyl groups is 1. The van der Waals surface area contributed by atoms with Gasteiger partial charge in [-0.25, -0.2) is 4.79 Å². The molecule has 3 amide bonds. The maximum absolute atomic E-state index is 12.7. The van der Waals surface area contributed by atoms with Crippen LogP contribution in [0.2, 0.25) is 0 Å². The minimum Gasteiger partial charge on any atom is -0.480 e. The molecule has 10 heteroatoms. The topological polar surface area (TPSA) is 157 Å². The molecular formula is C19H34N4O6. The summed E-state index contributed by atoms with van der Waals surface area (Å²) >= 11 is 0. The molecule has 0 saturated carbocycles. The molecule has 0 radical (unpaired) electrons. The van der Waals surface area contributed by atoms with Crippen molar-refractivity contribution in [3.8, 4) is 0 Å². The zero-order valence-electron chi connectivity index (χ0n) is 17.5. The van der Waals surface area contributed by atoms with Crippen molar-refractivity contribution in [1.29, 1.82) is 0 Å². The third-order valence-electron chi connectivity index (χ3n) is 5.22. The maximum atomic E-state index is 12.7. The van der Waals surface area contributed by atoms with Gasteiger partial charge in [0.1, 0.15) is 18.1 Å². The lowest BCUT2D eigenvalue weighted by molar-refractivity contribution is -0.144. The first-order chi connectivity index (χ1) is 13.6. The molecule has 0 aliphatic carbocycles. The summed E-state index contributed by atoms with van der Waals surface area (Å²) in [6.07, 6.45) is 2.06. The molecule has 29 heavy (non-hydrogen) atoms. The highest BCUT2D eigenvalue weighted by Crippen LogP contribution is 2.11. The summed E-state index contributed by atoms with van der Waals surface area (Å²) < 4.78 is 0. The number of aliphatic hydroxyl groups excluding tert-OH is 1. The van der Waals surface area contributed by atoms with Crippen LogP contribution in [-0.4, -0.2) is 71.2 Å². The number of nitrogens with one attached hydrogen (secondary N) is 4. The van der Waals surface area contributed by atoms with E-state index in [1.807, 2.05) is 6.92 Å². The molecule has 1 fully saturated rings. The van der Waals surface area contributed by atoms with Crippen LogP contribution >= 0.6 is 0 Å². The Kier molecular flexibility index (Phi) is 10.0. The van der Waals surface area contributed by atoms with Gasteiger partial charge >= 0.3 is 5.97 Å². The fraction of sp³-hybridized carbons (Fsp3) is 0.789. The minimum absolute atomic E-state index is 0.285. The zero-order chi connectivity index (χ0) is 22.1. The van der Waals surface area contributed by atoms with Gasteiger partial charge in [0.25, 0.3) is 0 Å². The van der Waals surface area contributed by atoms with Crippen molar-refractivity contribution in [2.24, 2.45) is 11.8 Å². The summed E-state index contributed by atoms with van der Waals surface area (Å²) in [7, 11) is 0. The quantitative estimate of drug-likeness (QED) is 0.252. The van der Waals surface area contributed by atoms with Gasteiger partial charge in [0.05, 0.1) is 12.6 Å². The van der Waals surface area contributed by atoms with Gasteiger partial charge in [0.2, 0.25) is 17.7 Å². The molecule has 5 atom stereocenters. The highest BCUT2D eigenvalue weighted by Gasteiger charge is 2.33. The third-order valence-corrected chi connectivity index (χ3v) is 5.22. The molecule has 1 heterocycles. The number of carbonyl (C=O) groups is 4. The number of amides is 3. The molecule has 0 bridgehead atoms. The average molecular weight is 415 g/mol. The van der Waals surface area contributed by atoms with Crippen LogP contribution in [0.15, 0.2) is 0 Å². The van der Waals surface area contributed by atoms with E-state index < -0.39 is 48.6 Å². The van der Waals surface area contributed by atoms with Crippen molar-refractivity contribution >= 4 is 23.7 Å². The van der Waals surface area contributed by atoms with Crippen molar-refractivity contribution < 1.29 is 29.4 Å². The molecular weight excluding hydrogens is 380 g/mol. The predicted octanol–water partition coefficient (Wildman–Crippen LogP) is -1.03. The van der Waals surface area contributed by atoms with Crippen LogP contribution in [0.4, 0.5) is 0 Å². The normalized spacial score (nSPS) is 20.4. The number of carbonyl (C=O) groups excluding carboxylic acids is 3. The fourth-order valence-electron chi connectivity index (χ4n) is 3.09. The second-order valence-corrected chi connectivity index (χ2v) is 7.83. The Morgan fingerprint density at radius 3 is 2.10 bits per heavy atom. The predicted molar refractivity (Wildman–Crippen MR) is 106 cm³/mol. The Hall–Kier alpha value is -2.20. The zero-order valence-corrected chi connectivity index (χ0v) is 17.5. The second-order valence-electron chi connectivity index (χ2n) is 7.83. The lowest BCUT2D eigenvalue weighted by atomic mass is 9.96. The number of rotatable bonds is 11. The van der Waals surface area contributed by atoms with Crippen LogP contribution in [0.1, 0.15) is 47.0 Å². The van der Waals surface area contributed by atoms with Crippen LogP contribution in [0.25, 0.3) is 0 Å². The van der Waals surface area contributed by atoms with Crippen LogP contribution in [0, 0.1) is 11.8 Å². The van der Waals surface area contributed by atoms with Gasteiger partial charge in [-0.2, -0.15) is 0 Å². The van der Waals surface area contributed by atoms with E-state index >= 15 is 0 Å². The Morgan fingerprint density at radius 1 is 1.03 bits per heavy atom. The first kappa shape index (κ1) is 24.8. The highest BCUT2D eigenvalue weighted by atomic mass is 16.4. The van der Waals surface area contributed by atoms with Crippen LogP contribution in [0.5, 0.6) is 0 Å². The maximum Gasteiger partial charge on any atom is 0.326 e. The first-order valence-electron chi connectivity index (χ1n) is 10.1. The number of hydrogen-bond donors (Lipinski definition) is 6. The van der Waals surface area contributed by atoms with Crippen molar-refractivity contribution in [3.05, 3.63) is 0 Å². The lowest BCUT2D eigenvalue weighted by Gasteiger charge is -2.28. The molecule has 0 aromatic rings. The number of aliphatic carboxylic acids is 1. The van der Waals surface area contributed by atoms with Gasteiger partial charge in [-0.05, 0) is 31.2 Å². The molecule has 5 unspecified atom stereocenters. The lowest BCUT2D eigenvalue weighted by Crippen LogP contribution is -2.59. The molecule has 1 rings (SSSR count). The van der Waals surface area contributed by atoms with Crippen molar-refractivity contribution in [2.45, 2.75) is 71.1 Å². The van der Waals surface area contributed by atoms with E-state index in [0.717, 1.165) is 6.42 Å². The number of carboxylic acid groups (broad SMARTS) is 1. The third kappa shape index (κ3) is 7.28. The highest BCUT2D eigenvalue weighted by molar-refractivity contribution is 5.94. The SMILES string of the molecule is CCC(C)C(NC(=O)C(CO)NC(=O)C1CCCN1)C(=O)NC(C(=O)O)C(C)C. The summed E-state index contributed by atoms with van der Waals surface area (Å²) in [5.74, 6) is -3.48. The molecule has 6 N–H and O–H groups in total. The summed E-state index contributed by atoms with van der Waals surface area (Å²) in [6, 6.07) is -3.70. The number of hydrogen-bond acceptors (Lipinski definition) is 6. The van der Waals surface area contributed by atoms with Gasteiger partial charge in [-0.15, -0.1) is 0 Å². The van der Waals surface area contributed by atoms with Crippen molar-refractivity contribution in [3.63, 3.8) is 0 Å². The van der Waals surface area contributed by atoms with E-state index in [-0.39, 0.29) is 17.7 Å². The van der Waals surface area contributed by atoms with Gasteiger partial charge in [0, 0.05) is 0 Å². The van der Waals surface area contributed by atoms with Gasteiger partial charge < -0.3 is 31.5 Å². The van der Waals surface area contributed by atoms with Crippen LogP contribution < -0.4 is 21.3 Å². The average Bonchev–Trinajstić information content (AvgIpc) is 3.21. The molecule has 1 aliphatic rings. The molecule has 1 saturated heterocycles. The molecule has 0 aromatic heterocycles. The fourth-order valence-corrected chi connectivity index (χ4v) is 3.09. The number of carboxylic acids is 1. The van der Waals surface area contributed by atoms with Gasteiger partial charge in [0.15, 0.2) is 0 Å². The van der Waals surface area contributed by atoms with Crippen molar-refractivity contribution in [1.82, 2.24) is 21.3 Å². The van der Waals surface area contributed by atoms with E-state index in [0.29, 0.717) is 19.4 Å². The summed E-state index contributed by atoms with van der Waals surface area (Å²) in [4.78, 5) is 48.9. The molecule has 0 spiro atoms. The first-order valence-corrected chi connectivity index (χ1v) is 10.1. The summed E-state index contributed by atoms with van der Waals surface area (Å²) in [5.41, 5.74) is 0. The molecule has 166 valence electrons. The van der Waals surface area contributed by atoms with Crippen molar-refractivity contribution in [2.75, 3.05) is 13.2 Å². The van der Waals surface area contributed by atoms with Crippen LogP contribution in [-0.2, 0) is 19.2 Å². The monoisotopic (exact) mass is 414 g/mol. The van der Waals surface area contributed by atoms with Gasteiger partial charge in [-0.1, -0.05) is 34.1 Å². The van der Waals surface area contributed by atoms with E-state index in [9.17, 15) is 29.4 Å². The summed E-state index contributed by atoms with van der Waals surface area (Å²) in [5, 5.41) is 29.4. The smallest absolute Gasteiger partial charge is 0.326 e. The largest absolute Gasteiger partial charge is 0.480 e.